The van der Waals surface area contributed by atoms with Crippen LogP contribution in [0.5, 0.6) is 0 Å². The third kappa shape index (κ3) is 2.32. The summed E-state index contributed by atoms with van der Waals surface area (Å²) in [5.41, 5.74) is 7.12. The van der Waals surface area contributed by atoms with Crippen LogP contribution in [0.2, 0.25) is 0 Å². The van der Waals surface area contributed by atoms with Crippen molar-refractivity contribution in [3.05, 3.63) is 5.01 Å². The van der Waals surface area contributed by atoms with Crippen LogP contribution in [0.4, 0.5) is 0 Å². The van der Waals surface area contributed by atoms with E-state index in [0.29, 0.717) is 11.5 Å². The fourth-order valence-electron chi connectivity index (χ4n) is 5.31. The van der Waals surface area contributed by atoms with Gasteiger partial charge in [0, 0.05) is 11.8 Å². The molecule has 4 aliphatic rings. The molecule has 4 aliphatic carbocycles. The first-order valence-corrected chi connectivity index (χ1v) is 9.62. The van der Waals surface area contributed by atoms with Crippen molar-refractivity contribution in [2.45, 2.75) is 55.8 Å². The summed E-state index contributed by atoms with van der Waals surface area (Å²) in [6.07, 6.45) is 8.68. The minimum Gasteiger partial charge on any atom is -0.326 e. The summed E-state index contributed by atoms with van der Waals surface area (Å²) in [5, 5.41) is 9.36. The number of aryl methyl sites for hydroxylation is 1. The second kappa shape index (κ2) is 4.96. The molecule has 1 heterocycles. The van der Waals surface area contributed by atoms with Gasteiger partial charge in [-0.25, -0.2) is 0 Å². The molecule has 0 aromatic carbocycles. The van der Waals surface area contributed by atoms with Crippen LogP contribution in [0.15, 0.2) is 4.34 Å². The van der Waals surface area contributed by atoms with E-state index in [9.17, 15) is 0 Å². The van der Waals surface area contributed by atoms with Gasteiger partial charge in [-0.05, 0) is 68.6 Å². The number of thioether (sulfide) groups is 1. The fraction of sp³-hybridized carbons (Fsp3) is 0.867. The van der Waals surface area contributed by atoms with Gasteiger partial charge in [0.1, 0.15) is 5.01 Å². The third-order valence-corrected chi connectivity index (χ3v) is 7.86. The van der Waals surface area contributed by atoms with E-state index in [2.05, 4.69) is 10.2 Å². The maximum atomic E-state index is 6.66. The van der Waals surface area contributed by atoms with Gasteiger partial charge in [0.15, 0.2) is 4.34 Å². The average molecular weight is 310 g/mol. The number of aromatic nitrogens is 2. The van der Waals surface area contributed by atoms with Gasteiger partial charge in [-0.15, -0.1) is 10.2 Å². The van der Waals surface area contributed by atoms with Crippen molar-refractivity contribution in [3.8, 4) is 0 Å². The Kier molecular flexibility index (Phi) is 3.35. The molecule has 0 amide bonds. The summed E-state index contributed by atoms with van der Waals surface area (Å²) < 4.78 is 1.09. The van der Waals surface area contributed by atoms with E-state index >= 15 is 0 Å². The molecule has 4 fully saturated rings. The maximum absolute atomic E-state index is 6.66. The molecule has 1 unspecified atom stereocenters. The molecule has 1 aromatic heterocycles. The average Bonchev–Trinajstić information content (AvgIpc) is 2.80. The summed E-state index contributed by atoms with van der Waals surface area (Å²) in [7, 11) is 0. The van der Waals surface area contributed by atoms with Crippen molar-refractivity contribution in [1.82, 2.24) is 10.2 Å². The molecule has 2 N–H and O–H groups in total. The van der Waals surface area contributed by atoms with Crippen LogP contribution in [-0.2, 0) is 0 Å². The van der Waals surface area contributed by atoms with Crippen molar-refractivity contribution in [1.29, 1.82) is 0 Å². The van der Waals surface area contributed by atoms with E-state index in [-0.39, 0.29) is 0 Å². The highest BCUT2D eigenvalue weighted by Crippen LogP contribution is 2.61. The summed E-state index contributed by atoms with van der Waals surface area (Å²) in [6.45, 7) is 2.01. The first-order valence-electron chi connectivity index (χ1n) is 7.81. The van der Waals surface area contributed by atoms with Crippen molar-refractivity contribution in [3.63, 3.8) is 0 Å². The Hall–Kier alpha value is -0.130. The Balaban J connectivity index is 1.44. The summed E-state index contributed by atoms with van der Waals surface area (Å²) in [6, 6.07) is 0.338. The Bertz CT molecular complexity index is 464. The standard InChI is InChI=1S/C15H23N3S2/c1-9-17-18-14(20-9)19-8-13(16)15-5-10-2-11(6-15)4-12(3-10)7-15/h10-13H,2-8,16H2,1H3. The summed E-state index contributed by atoms with van der Waals surface area (Å²) >= 11 is 3.51. The van der Waals surface area contributed by atoms with Crippen molar-refractivity contribution < 1.29 is 0 Å². The number of hydrogen-bond acceptors (Lipinski definition) is 5. The molecule has 20 heavy (non-hydrogen) atoms. The first kappa shape index (κ1) is 13.5. The zero-order chi connectivity index (χ0) is 13.7. The van der Waals surface area contributed by atoms with Gasteiger partial charge in [-0.2, -0.15) is 0 Å². The first-order chi connectivity index (χ1) is 9.63. The van der Waals surface area contributed by atoms with E-state index in [1.54, 1.807) is 11.3 Å². The smallest absolute Gasteiger partial charge is 0.174 e. The normalized spacial score (nSPS) is 40.2. The zero-order valence-corrected chi connectivity index (χ0v) is 13.7. The zero-order valence-electron chi connectivity index (χ0n) is 12.0. The van der Waals surface area contributed by atoms with Crippen LogP contribution in [0.25, 0.3) is 0 Å². The lowest BCUT2D eigenvalue weighted by Crippen LogP contribution is -2.55. The molecule has 0 aliphatic heterocycles. The van der Waals surface area contributed by atoms with Gasteiger partial charge in [0.05, 0.1) is 0 Å². The van der Waals surface area contributed by atoms with Crippen LogP contribution in [0.3, 0.4) is 0 Å². The minimum atomic E-state index is 0.338. The number of rotatable bonds is 4. The van der Waals surface area contributed by atoms with Gasteiger partial charge in [0.25, 0.3) is 0 Å². The SMILES string of the molecule is Cc1nnc(SCC(N)C23CC4CC(CC(C4)C2)C3)s1. The molecule has 110 valence electrons. The lowest BCUT2D eigenvalue weighted by Gasteiger charge is -2.59. The molecular formula is C15H23N3S2. The predicted octanol–water partition coefficient (Wildman–Crippen LogP) is 3.48. The molecule has 5 heteroatoms. The molecule has 5 rings (SSSR count). The molecular weight excluding hydrogens is 286 g/mol. The molecule has 4 saturated carbocycles. The molecule has 1 aromatic rings. The van der Waals surface area contributed by atoms with Gasteiger partial charge in [-0.1, -0.05) is 23.1 Å². The monoisotopic (exact) mass is 309 g/mol. The number of nitrogens with zero attached hydrogens (tertiary/aromatic N) is 2. The molecule has 0 spiro atoms. The van der Waals surface area contributed by atoms with Gasteiger partial charge >= 0.3 is 0 Å². The number of nitrogens with two attached hydrogens (primary N) is 1. The summed E-state index contributed by atoms with van der Waals surface area (Å²) in [5.74, 6) is 3.98. The second-order valence-corrected chi connectivity index (χ2v) is 9.73. The lowest BCUT2D eigenvalue weighted by molar-refractivity contribution is -0.0629. The highest BCUT2D eigenvalue weighted by atomic mass is 32.2. The Morgan fingerprint density at radius 1 is 1.20 bits per heavy atom. The van der Waals surface area contributed by atoms with Gasteiger partial charge in [0.2, 0.25) is 0 Å². The Labute approximate surface area is 129 Å². The second-order valence-electron chi connectivity index (χ2n) is 7.28. The Morgan fingerprint density at radius 3 is 2.30 bits per heavy atom. The van der Waals surface area contributed by atoms with E-state index < -0.39 is 0 Å². The van der Waals surface area contributed by atoms with Gasteiger partial charge in [-0.3, -0.25) is 0 Å². The molecule has 3 nitrogen and oxygen atoms in total. The van der Waals surface area contributed by atoms with E-state index in [1.807, 2.05) is 18.7 Å². The molecule has 1 atom stereocenters. The van der Waals surface area contributed by atoms with Crippen molar-refractivity contribution >= 4 is 23.1 Å². The maximum Gasteiger partial charge on any atom is 0.174 e. The van der Waals surface area contributed by atoms with Crippen LogP contribution < -0.4 is 5.73 Å². The highest BCUT2D eigenvalue weighted by molar-refractivity contribution is 8.01. The summed E-state index contributed by atoms with van der Waals surface area (Å²) in [4.78, 5) is 0. The Morgan fingerprint density at radius 2 is 1.80 bits per heavy atom. The largest absolute Gasteiger partial charge is 0.326 e. The van der Waals surface area contributed by atoms with Crippen molar-refractivity contribution in [2.24, 2.45) is 28.9 Å². The fourth-order valence-corrected chi connectivity index (χ4v) is 7.30. The highest BCUT2D eigenvalue weighted by Gasteiger charge is 2.53. The van der Waals surface area contributed by atoms with Gasteiger partial charge < -0.3 is 5.73 Å². The van der Waals surface area contributed by atoms with E-state index in [0.717, 1.165) is 32.9 Å². The van der Waals surface area contributed by atoms with Crippen LogP contribution >= 0.6 is 23.1 Å². The molecule has 0 saturated heterocycles. The van der Waals surface area contributed by atoms with Crippen molar-refractivity contribution in [2.75, 3.05) is 5.75 Å². The minimum absolute atomic E-state index is 0.338. The molecule has 4 bridgehead atoms. The van der Waals surface area contributed by atoms with Crippen LogP contribution in [0.1, 0.15) is 43.5 Å². The third-order valence-electron chi connectivity index (χ3n) is 5.77. The quantitative estimate of drug-likeness (QED) is 0.865. The molecule has 0 radical (unpaired) electrons. The lowest BCUT2D eigenvalue weighted by atomic mass is 9.48. The van der Waals surface area contributed by atoms with Crippen LogP contribution in [-0.4, -0.2) is 22.0 Å². The number of hydrogen-bond donors (Lipinski definition) is 1. The van der Waals surface area contributed by atoms with E-state index in [1.165, 1.54) is 38.5 Å². The van der Waals surface area contributed by atoms with E-state index in [4.69, 9.17) is 5.73 Å². The topological polar surface area (TPSA) is 51.8 Å². The van der Waals surface area contributed by atoms with Crippen LogP contribution in [0, 0.1) is 30.1 Å². The predicted molar refractivity (Wildman–Crippen MR) is 84.0 cm³/mol.